The van der Waals surface area contributed by atoms with Crippen LogP contribution in [-0.2, 0) is 10.2 Å². The second-order valence-corrected chi connectivity index (χ2v) is 11.7. The maximum absolute atomic E-state index is 12.9. The molecule has 0 spiro atoms. The van der Waals surface area contributed by atoms with Crippen LogP contribution in [0.25, 0.3) is 0 Å². The first-order chi connectivity index (χ1) is 17.2. The molecule has 0 unspecified atom stereocenters. The van der Waals surface area contributed by atoms with Crippen molar-refractivity contribution in [3.63, 3.8) is 0 Å². The molecule has 2 aromatic carbocycles. The lowest BCUT2D eigenvalue weighted by atomic mass is 9.83. The molecule has 1 saturated heterocycles. The first-order valence-electron chi connectivity index (χ1n) is 13.6. The summed E-state index contributed by atoms with van der Waals surface area (Å²) in [5.41, 5.74) is 5.66. The molecule has 5 nitrogen and oxygen atoms in total. The van der Waals surface area contributed by atoms with E-state index in [-0.39, 0.29) is 5.41 Å². The summed E-state index contributed by atoms with van der Waals surface area (Å²) in [5.74, 6) is 0.975. The molecule has 1 aliphatic carbocycles. The van der Waals surface area contributed by atoms with Gasteiger partial charge in [0.25, 0.3) is 0 Å². The molecule has 5 heteroatoms. The molecular formula is C31H42N4O. The van der Waals surface area contributed by atoms with Crippen molar-refractivity contribution < 1.29 is 4.79 Å². The Labute approximate surface area is 217 Å². The van der Waals surface area contributed by atoms with Crippen LogP contribution in [0.2, 0.25) is 0 Å². The number of anilines is 2. The molecule has 2 fully saturated rings. The quantitative estimate of drug-likeness (QED) is 0.523. The van der Waals surface area contributed by atoms with Crippen molar-refractivity contribution in [3.05, 3.63) is 59.2 Å². The molecule has 1 heterocycles. The number of aryl methyl sites for hydroxylation is 1. The number of carbonyl (C=O) groups excluding carboxylic acids is 1. The number of nitrogens with zero attached hydrogens (tertiary/aromatic N) is 3. The maximum Gasteiger partial charge on any atom is 0.222 e. The maximum atomic E-state index is 12.9. The minimum absolute atomic E-state index is 0.170. The van der Waals surface area contributed by atoms with Gasteiger partial charge in [-0.25, -0.2) is 0 Å². The van der Waals surface area contributed by atoms with Crippen molar-refractivity contribution in [2.75, 3.05) is 36.4 Å². The van der Waals surface area contributed by atoms with Gasteiger partial charge in [-0.05, 0) is 91.8 Å². The Kier molecular flexibility index (Phi) is 8.24. The predicted octanol–water partition coefficient (Wildman–Crippen LogP) is 6.26. The number of nitriles is 1. The topological polar surface area (TPSA) is 59.4 Å². The number of rotatable bonds is 6. The third kappa shape index (κ3) is 6.60. The summed E-state index contributed by atoms with van der Waals surface area (Å²) >= 11 is 0. The number of nitrogens with one attached hydrogen (secondary N) is 1. The van der Waals surface area contributed by atoms with Crippen LogP contribution in [0.1, 0.15) is 76.0 Å². The van der Waals surface area contributed by atoms with Gasteiger partial charge in [-0.2, -0.15) is 5.26 Å². The predicted molar refractivity (Wildman–Crippen MR) is 148 cm³/mol. The average Bonchev–Trinajstić information content (AvgIpc) is 2.88. The Morgan fingerprint density at radius 3 is 2.25 bits per heavy atom. The van der Waals surface area contributed by atoms with Gasteiger partial charge in [-0.1, -0.05) is 32.9 Å². The van der Waals surface area contributed by atoms with Crippen molar-refractivity contribution in [2.24, 2.45) is 5.92 Å². The second kappa shape index (κ2) is 11.4. The number of hydrogen-bond acceptors (Lipinski definition) is 4. The molecule has 1 saturated carbocycles. The molecule has 0 radical (unpaired) electrons. The van der Waals surface area contributed by atoms with Crippen molar-refractivity contribution in [3.8, 4) is 6.07 Å². The van der Waals surface area contributed by atoms with Crippen LogP contribution in [0.15, 0.2) is 42.5 Å². The molecular weight excluding hydrogens is 444 g/mol. The van der Waals surface area contributed by atoms with Crippen LogP contribution in [0, 0.1) is 24.2 Å². The molecule has 192 valence electrons. The molecule has 1 N–H and O–H groups in total. The van der Waals surface area contributed by atoms with Crippen molar-refractivity contribution in [1.82, 2.24) is 4.90 Å². The number of hydrogen-bond donors (Lipinski definition) is 1. The number of piperazine rings is 1. The van der Waals surface area contributed by atoms with Crippen LogP contribution in [0.4, 0.5) is 11.4 Å². The van der Waals surface area contributed by atoms with E-state index < -0.39 is 0 Å². The first kappa shape index (κ1) is 26.1. The highest BCUT2D eigenvalue weighted by atomic mass is 16.2. The first-order valence-corrected chi connectivity index (χ1v) is 13.6. The number of carbonyl (C=O) groups is 1. The van der Waals surface area contributed by atoms with Gasteiger partial charge in [0.05, 0.1) is 11.6 Å². The Hall–Kier alpha value is -3.00. The van der Waals surface area contributed by atoms with Crippen molar-refractivity contribution in [2.45, 2.75) is 77.7 Å². The molecule has 4 rings (SSSR count). The Bertz CT molecular complexity index is 1060. The third-order valence-corrected chi connectivity index (χ3v) is 8.06. The van der Waals surface area contributed by atoms with E-state index in [0.717, 1.165) is 62.3 Å². The summed E-state index contributed by atoms with van der Waals surface area (Å²) in [6.07, 6.45) is 6.33. The number of benzene rings is 2. The standard InChI is InChI=1S/C31H42N4O/c1-23-21-28(13-8-25(23)22-32)33-27-11-5-24(6-12-27)7-16-30(36)35-19-17-34(18-20-35)29-14-9-26(10-15-29)31(2,3)4/h8-10,13-15,21,24,27,33H,5-7,11-12,16-20H2,1-4H3. The van der Waals surface area contributed by atoms with E-state index in [4.69, 9.17) is 5.26 Å². The van der Waals surface area contributed by atoms with Crippen LogP contribution in [0.5, 0.6) is 0 Å². The van der Waals surface area contributed by atoms with Gasteiger partial charge in [0, 0.05) is 50.0 Å². The van der Waals surface area contributed by atoms with E-state index in [1.165, 1.54) is 24.1 Å². The van der Waals surface area contributed by atoms with Gasteiger partial charge in [0.15, 0.2) is 0 Å². The van der Waals surface area contributed by atoms with E-state index in [1.807, 2.05) is 19.1 Å². The zero-order valence-corrected chi connectivity index (χ0v) is 22.5. The van der Waals surface area contributed by atoms with Crippen molar-refractivity contribution in [1.29, 1.82) is 5.26 Å². The van der Waals surface area contributed by atoms with E-state index in [2.05, 4.69) is 72.3 Å². The third-order valence-electron chi connectivity index (χ3n) is 8.06. The normalized spacial score (nSPS) is 20.6. The summed E-state index contributed by atoms with van der Waals surface area (Å²) < 4.78 is 0. The van der Waals surface area contributed by atoms with Gasteiger partial charge in [-0.3, -0.25) is 4.79 Å². The monoisotopic (exact) mass is 486 g/mol. The molecule has 1 amide bonds. The zero-order chi connectivity index (χ0) is 25.7. The van der Waals surface area contributed by atoms with E-state index in [9.17, 15) is 4.79 Å². The molecule has 2 aliphatic rings. The fourth-order valence-corrected chi connectivity index (χ4v) is 5.58. The molecule has 0 aromatic heterocycles. The van der Waals surface area contributed by atoms with Crippen LogP contribution < -0.4 is 10.2 Å². The highest BCUT2D eigenvalue weighted by Crippen LogP contribution is 2.31. The Morgan fingerprint density at radius 2 is 1.67 bits per heavy atom. The van der Waals surface area contributed by atoms with Gasteiger partial charge in [0.2, 0.25) is 5.91 Å². The highest BCUT2D eigenvalue weighted by Gasteiger charge is 2.25. The SMILES string of the molecule is Cc1cc(NC2CCC(CCC(=O)N3CCN(c4ccc(C(C)(C)C)cc4)CC3)CC2)ccc1C#N. The van der Waals surface area contributed by atoms with Gasteiger partial charge < -0.3 is 15.1 Å². The van der Waals surface area contributed by atoms with Gasteiger partial charge in [0.1, 0.15) is 0 Å². The lowest BCUT2D eigenvalue weighted by Gasteiger charge is -2.37. The van der Waals surface area contributed by atoms with Crippen LogP contribution >= 0.6 is 0 Å². The minimum Gasteiger partial charge on any atom is -0.382 e. The van der Waals surface area contributed by atoms with Crippen molar-refractivity contribution >= 4 is 17.3 Å². The van der Waals surface area contributed by atoms with Crippen LogP contribution in [-0.4, -0.2) is 43.0 Å². The summed E-state index contributed by atoms with van der Waals surface area (Å²) in [5, 5.41) is 12.8. The highest BCUT2D eigenvalue weighted by molar-refractivity contribution is 5.76. The lowest BCUT2D eigenvalue weighted by Crippen LogP contribution is -2.48. The summed E-state index contributed by atoms with van der Waals surface area (Å²) in [4.78, 5) is 17.4. The molecule has 0 atom stereocenters. The second-order valence-electron chi connectivity index (χ2n) is 11.7. The minimum atomic E-state index is 0.170. The zero-order valence-electron chi connectivity index (χ0n) is 22.5. The fourth-order valence-electron chi connectivity index (χ4n) is 5.58. The fraction of sp³-hybridized carbons (Fsp3) is 0.548. The number of amides is 1. The largest absolute Gasteiger partial charge is 0.382 e. The van der Waals surface area contributed by atoms with Gasteiger partial charge >= 0.3 is 0 Å². The summed E-state index contributed by atoms with van der Waals surface area (Å²) in [6, 6.07) is 17.6. The van der Waals surface area contributed by atoms with Crippen LogP contribution in [0.3, 0.4) is 0 Å². The smallest absolute Gasteiger partial charge is 0.222 e. The van der Waals surface area contributed by atoms with E-state index in [1.54, 1.807) is 0 Å². The molecule has 0 bridgehead atoms. The summed E-state index contributed by atoms with van der Waals surface area (Å²) in [6.45, 7) is 12.2. The Morgan fingerprint density at radius 1 is 1.00 bits per heavy atom. The molecule has 2 aromatic rings. The Balaban J connectivity index is 1.16. The lowest BCUT2D eigenvalue weighted by molar-refractivity contribution is -0.131. The summed E-state index contributed by atoms with van der Waals surface area (Å²) in [7, 11) is 0. The molecule has 1 aliphatic heterocycles. The van der Waals surface area contributed by atoms with E-state index >= 15 is 0 Å². The molecule has 36 heavy (non-hydrogen) atoms. The average molecular weight is 487 g/mol. The van der Waals surface area contributed by atoms with E-state index in [0.29, 0.717) is 24.3 Å². The van der Waals surface area contributed by atoms with Gasteiger partial charge in [-0.15, -0.1) is 0 Å².